The van der Waals surface area contributed by atoms with Crippen LogP contribution < -0.4 is 0 Å². The predicted molar refractivity (Wildman–Crippen MR) is 77.6 cm³/mol. The molecule has 0 heterocycles. The Morgan fingerprint density at radius 3 is 2.53 bits per heavy atom. The zero-order chi connectivity index (χ0) is 14.6. The molecular formula is C11H14INO5S. The third kappa shape index (κ3) is 3.65. The van der Waals surface area contributed by atoms with Crippen molar-refractivity contribution in [3.05, 3.63) is 27.3 Å². The maximum absolute atomic E-state index is 12.3. The Balaban J connectivity index is 3.29. The number of carbonyl (C=O) groups is 1. The van der Waals surface area contributed by atoms with Gasteiger partial charge in [-0.2, -0.15) is 4.31 Å². The van der Waals surface area contributed by atoms with Gasteiger partial charge in [-0.15, -0.1) is 0 Å². The summed E-state index contributed by atoms with van der Waals surface area (Å²) in [6.07, 6.45) is 0. The van der Waals surface area contributed by atoms with E-state index in [1.807, 2.05) is 22.6 Å². The minimum Gasteiger partial charge on any atom is -0.478 e. The molecular weight excluding hydrogens is 385 g/mol. The summed E-state index contributed by atoms with van der Waals surface area (Å²) in [7, 11) is -3.78. The van der Waals surface area contributed by atoms with Crippen LogP contribution in [0.3, 0.4) is 0 Å². The van der Waals surface area contributed by atoms with Crippen molar-refractivity contribution in [2.45, 2.75) is 11.8 Å². The van der Waals surface area contributed by atoms with Crippen LogP contribution in [0.1, 0.15) is 17.3 Å². The van der Waals surface area contributed by atoms with Gasteiger partial charge in [0.25, 0.3) is 0 Å². The molecule has 1 aromatic carbocycles. The molecule has 0 atom stereocenters. The molecule has 19 heavy (non-hydrogen) atoms. The SMILES string of the molecule is CCN(CCO)S(=O)(=O)c1ccc(I)c(C(=O)O)c1. The number of carboxylic acid groups (broad SMARTS) is 1. The van der Waals surface area contributed by atoms with E-state index in [-0.39, 0.29) is 30.2 Å². The number of benzene rings is 1. The number of likely N-dealkylation sites (N-methyl/N-ethyl adjacent to an activating group) is 1. The molecule has 0 amide bonds. The van der Waals surface area contributed by atoms with Crippen molar-refractivity contribution in [2.24, 2.45) is 0 Å². The van der Waals surface area contributed by atoms with Crippen LogP contribution in [0, 0.1) is 3.57 Å². The Hall–Kier alpha value is -0.710. The van der Waals surface area contributed by atoms with Crippen LogP contribution in [0.4, 0.5) is 0 Å². The van der Waals surface area contributed by atoms with E-state index in [0.29, 0.717) is 3.57 Å². The third-order valence-electron chi connectivity index (χ3n) is 2.51. The summed E-state index contributed by atoms with van der Waals surface area (Å²) in [6, 6.07) is 3.95. The van der Waals surface area contributed by atoms with Crippen molar-refractivity contribution in [3.63, 3.8) is 0 Å². The Kier molecular flexibility index (Phi) is 5.71. The molecule has 0 aliphatic rings. The molecule has 1 aromatic rings. The first-order valence-corrected chi connectivity index (χ1v) is 8.00. The van der Waals surface area contributed by atoms with Gasteiger partial charge in [-0.25, -0.2) is 13.2 Å². The van der Waals surface area contributed by atoms with Crippen molar-refractivity contribution in [3.8, 4) is 0 Å². The van der Waals surface area contributed by atoms with Crippen molar-refractivity contribution < 1.29 is 23.4 Å². The minimum atomic E-state index is -3.78. The van der Waals surface area contributed by atoms with Gasteiger partial charge in [-0.1, -0.05) is 6.92 Å². The van der Waals surface area contributed by atoms with Crippen LogP contribution >= 0.6 is 22.6 Å². The normalized spacial score (nSPS) is 11.8. The highest BCUT2D eigenvalue weighted by Gasteiger charge is 2.24. The van der Waals surface area contributed by atoms with E-state index in [0.717, 1.165) is 10.4 Å². The van der Waals surface area contributed by atoms with Gasteiger partial charge in [0, 0.05) is 16.7 Å². The van der Waals surface area contributed by atoms with Crippen LogP contribution in [-0.2, 0) is 10.0 Å². The number of aromatic carboxylic acids is 1. The van der Waals surface area contributed by atoms with Crippen molar-refractivity contribution in [1.29, 1.82) is 0 Å². The van der Waals surface area contributed by atoms with Gasteiger partial charge in [-0.05, 0) is 40.8 Å². The first-order valence-electron chi connectivity index (χ1n) is 5.48. The van der Waals surface area contributed by atoms with Crippen molar-refractivity contribution in [2.75, 3.05) is 19.7 Å². The van der Waals surface area contributed by atoms with Crippen LogP contribution in [0.2, 0.25) is 0 Å². The summed E-state index contributed by atoms with van der Waals surface area (Å²) in [5.74, 6) is -1.17. The number of carboxylic acids is 1. The highest BCUT2D eigenvalue weighted by Crippen LogP contribution is 2.21. The smallest absolute Gasteiger partial charge is 0.336 e. The van der Waals surface area contributed by atoms with Crippen molar-refractivity contribution in [1.82, 2.24) is 4.31 Å². The zero-order valence-electron chi connectivity index (χ0n) is 10.2. The molecule has 106 valence electrons. The quantitative estimate of drug-likeness (QED) is 0.696. The molecule has 0 bridgehead atoms. The number of aliphatic hydroxyl groups is 1. The van der Waals surface area contributed by atoms with E-state index in [9.17, 15) is 13.2 Å². The van der Waals surface area contributed by atoms with Crippen LogP contribution in [0.25, 0.3) is 0 Å². The highest BCUT2D eigenvalue weighted by molar-refractivity contribution is 14.1. The van der Waals surface area contributed by atoms with Crippen LogP contribution in [0.15, 0.2) is 23.1 Å². The first-order chi connectivity index (χ1) is 8.84. The fraction of sp³-hybridized carbons (Fsp3) is 0.364. The fourth-order valence-electron chi connectivity index (χ4n) is 1.54. The van der Waals surface area contributed by atoms with Gasteiger partial charge < -0.3 is 10.2 Å². The molecule has 0 unspecified atom stereocenters. The van der Waals surface area contributed by atoms with Gasteiger partial charge in [0.15, 0.2) is 0 Å². The van der Waals surface area contributed by atoms with Gasteiger partial charge in [0.2, 0.25) is 10.0 Å². The summed E-state index contributed by atoms with van der Waals surface area (Å²) in [5, 5.41) is 17.9. The van der Waals surface area contributed by atoms with Crippen LogP contribution in [-0.4, -0.2) is 48.6 Å². The molecule has 0 aliphatic heterocycles. The Bertz CT molecular complexity index is 572. The topological polar surface area (TPSA) is 94.9 Å². The molecule has 0 radical (unpaired) electrons. The molecule has 0 saturated carbocycles. The average molecular weight is 399 g/mol. The number of hydrogen-bond acceptors (Lipinski definition) is 4. The summed E-state index contributed by atoms with van der Waals surface area (Å²) >= 11 is 1.83. The molecule has 2 N–H and O–H groups in total. The van der Waals surface area contributed by atoms with E-state index >= 15 is 0 Å². The lowest BCUT2D eigenvalue weighted by Gasteiger charge is -2.19. The number of halogens is 1. The number of nitrogens with zero attached hydrogens (tertiary/aromatic N) is 1. The first kappa shape index (κ1) is 16.3. The number of aliphatic hydroxyl groups excluding tert-OH is 1. The minimum absolute atomic E-state index is 0.0206. The van der Waals surface area contributed by atoms with E-state index in [1.165, 1.54) is 12.1 Å². The summed E-state index contributed by atoms with van der Waals surface area (Å²) in [5.41, 5.74) is -0.0540. The molecule has 0 aliphatic carbocycles. The lowest BCUT2D eigenvalue weighted by molar-refractivity contribution is 0.0695. The molecule has 1 rings (SSSR count). The van der Waals surface area contributed by atoms with Gasteiger partial charge in [-0.3, -0.25) is 0 Å². The summed E-state index contributed by atoms with van der Waals surface area (Å²) in [6.45, 7) is 1.55. The molecule has 0 saturated heterocycles. The second-order valence-corrected chi connectivity index (χ2v) is 6.77. The highest BCUT2D eigenvalue weighted by atomic mass is 127. The Morgan fingerprint density at radius 1 is 1.42 bits per heavy atom. The molecule has 6 nitrogen and oxygen atoms in total. The molecule has 0 fully saturated rings. The average Bonchev–Trinajstić information content (AvgIpc) is 2.35. The lowest BCUT2D eigenvalue weighted by atomic mass is 10.2. The lowest BCUT2D eigenvalue weighted by Crippen LogP contribution is -2.33. The van der Waals surface area contributed by atoms with Crippen molar-refractivity contribution >= 4 is 38.6 Å². The largest absolute Gasteiger partial charge is 0.478 e. The standard InChI is InChI=1S/C11H14INO5S/c1-2-13(5-6-14)19(17,18)8-3-4-10(12)9(7-8)11(15)16/h3-4,7,14H,2,5-6H2,1H3,(H,15,16). The van der Waals surface area contributed by atoms with E-state index in [1.54, 1.807) is 6.92 Å². The predicted octanol–water partition coefficient (Wildman–Crippen LogP) is 0.992. The van der Waals surface area contributed by atoms with E-state index < -0.39 is 16.0 Å². The molecule has 0 aromatic heterocycles. The monoisotopic (exact) mass is 399 g/mol. The second-order valence-electron chi connectivity index (χ2n) is 3.67. The molecule has 0 spiro atoms. The molecule has 8 heteroatoms. The summed E-state index contributed by atoms with van der Waals surface area (Å²) in [4.78, 5) is 10.9. The second kappa shape index (κ2) is 6.64. The number of hydrogen-bond donors (Lipinski definition) is 2. The maximum Gasteiger partial charge on any atom is 0.336 e. The van der Waals surface area contributed by atoms with E-state index in [2.05, 4.69) is 0 Å². The van der Waals surface area contributed by atoms with Crippen LogP contribution in [0.5, 0.6) is 0 Å². The zero-order valence-corrected chi connectivity index (χ0v) is 13.2. The van der Waals surface area contributed by atoms with Gasteiger partial charge >= 0.3 is 5.97 Å². The number of sulfonamides is 1. The Morgan fingerprint density at radius 2 is 2.05 bits per heavy atom. The van der Waals surface area contributed by atoms with Gasteiger partial charge in [0.1, 0.15) is 0 Å². The number of rotatable bonds is 6. The Labute approximate surface area is 125 Å². The third-order valence-corrected chi connectivity index (χ3v) is 5.42. The van der Waals surface area contributed by atoms with E-state index in [4.69, 9.17) is 10.2 Å². The van der Waals surface area contributed by atoms with Gasteiger partial charge in [0.05, 0.1) is 17.1 Å². The summed E-state index contributed by atoms with van der Waals surface area (Å²) < 4.78 is 26.1. The maximum atomic E-state index is 12.3. The fourth-order valence-corrected chi connectivity index (χ4v) is 3.57.